The van der Waals surface area contributed by atoms with Crippen molar-refractivity contribution in [1.29, 1.82) is 5.26 Å². The first-order valence-corrected chi connectivity index (χ1v) is 8.60. The molecule has 0 spiro atoms. The van der Waals surface area contributed by atoms with Crippen LogP contribution in [0.5, 0.6) is 5.75 Å². The fourth-order valence-corrected chi connectivity index (χ4v) is 2.98. The average molecular weight is 341 g/mol. The van der Waals surface area contributed by atoms with Crippen LogP contribution in [-0.4, -0.2) is 59.3 Å². The van der Waals surface area contributed by atoms with Crippen LogP contribution in [0.15, 0.2) is 28.8 Å². The van der Waals surface area contributed by atoms with Gasteiger partial charge in [0.1, 0.15) is 18.4 Å². The first-order chi connectivity index (χ1) is 12.2. The van der Waals surface area contributed by atoms with E-state index < -0.39 is 0 Å². The summed E-state index contributed by atoms with van der Waals surface area (Å²) in [7, 11) is 0. The van der Waals surface area contributed by atoms with Crippen molar-refractivity contribution in [2.75, 3.05) is 39.3 Å². The molecule has 3 rings (SSSR count). The number of ether oxygens (including phenoxy) is 1. The molecule has 0 N–H and O–H groups in total. The Morgan fingerprint density at radius 1 is 1.20 bits per heavy atom. The van der Waals surface area contributed by atoms with Crippen molar-refractivity contribution in [3.63, 3.8) is 0 Å². The van der Waals surface area contributed by atoms with Gasteiger partial charge in [-0.05, 0) is 31.6 Å². The van der Waals surface area contributed by atoms with Crippen LogP contribution in [0.25, 0.3) is 0 Å². The maximum absolute atomic E-state index is 9.09. The summed E-state index contributed by atoms with van der Waals surface area (Å²) in [5.41, 5.74) is 0.583. The number of hydrogen-bond donors (Lipinski definition) is 0. The Labute approximate surface area is 147 Å². The molecule has 7 nitrogen and oxygen atoms in total. The van der Waals surface area contributed by atoms with Gasteiger partial charge in [0.05, 0.1) is 12.1 Å². The van der Waals surface area contributed by atoms with E-state index in [-0.39, 0.29) is 0 Å². The zero-order valence-corrected chi connectivity index (χ0v) is 14.5. The Balaban J connectivity index is 1.43. The lowest BCUT2D eigenvalue weighted by atomic mass is 10.2. The van der Waals surface area contributed by atoms with Gasteiger partial charge in [0, 0.05) is 26.6 Å². The lowest BCUT2D eigenvalue weighted by molar-refractivity contribution is 0.206. The molecule has 2 aromatic rings. The van der Waals surface area contributed by atoms with Crippen LogP contribution in [0.1, 0.15) is 23.7 Å². The number of aryl methyl sites for hydroxylation is 1. The molecule has 7 heteroatoms. The molecule has 1 aliphatic rings. The molecule has 1 fully saturated rings. The van der Waals surface area contributed by atoms with Gasteiger partial charge >= 0.3 is 0 Å². The summed E-state index contributed by atoms with van der Waals surface area (Å²) in [5.74, 6) is 2.03. The van der Waals surface area contributed by atoms with Gasteiger partial charge in [0.2, 0.25) is 5.89 Å². The molecule has 0 unspecified atom stereocenters. The van der Waals surface area contributed by atoms with Crippen LogP contribution in [-0.2, 0) is 6.54 Å². The monoisotopic (exact) mass is 341 g/mol. The minimum absolute atomic E-state index is 0.583. The molecular formula is C18H23N5O2. The predicted molar refractivity (Wildman–Crippen MR) is 92.0 cm³/mol. The van der Waals surface area contributed by atoms with Gasteiger partial charge in [-0.25, -0.2) is 0 Å². The molecule has 1 aliphatic heterocycles. The van der Waals surface area contributed by atoms with E-state index >= 15 is 0 Å². The van der Waals surface area contributed by atoms with E-state index in [1.165, 1.54) is 0 Å². The molecule has 0 radical (unpaired) electrons. The number of hydrogen-bond acceptors (Lipinski definition) is 7. The lowest BCUT2D eigenvalue weighted by Crippen LogP contribution is -2.33. The first-order valence-electron chi connectivity index (χ1n) is 8.60. The summed E-state index contributed by atoms with van der Waals surface area (Å²) in [6.07, 6.45) is 1.10. The molecule has 0 bridgehead atoms. The van der Waals surface area contributed by atoms with Crippen molar-refractivity contribution in [2.24, 2.45) is 0 Å². The molecule has 25 heavy (non-hydrogen) atoms. The second-order valence-corrected chi connectivity index (χ2v) is 6.16. The van der Waals surface area contributed by atoms with E-state index in [2.05, 4.69) is 26.0 Å². The minimum Gasteiger partial charge on any atom is -0.491 e. The number of aromatic nitrogens is 2. The van der Waals surface area contributed by atoms with E-state index in [1.54, 1.807) is 6.07 Å². The van der Waals surface area contributed by atoms with Crippen molar-refractivity contribution in [3.05, 3.63) is 41.5 Å². The molecule has 0 saturated carbocycles. The number of para-hydroxylation sites is 1. The van der Waals surface area contributed by atoms with Crippen molar-refractivity contribution >= 4 is 0 Å². The van der Waals surface area contributed by atoms with Gasteiger partial charge < -0.3 is 9.26 Å². The number of nitrogens with zero attached hydrogens (tertiary/aromatic N) is 5. The zero-order valence-electron chi connectivity index (χ0n) is 14.5. The normalized spacial score (nSPS) is 16.3. The molecule has 132 valence electrons. The predicted octanol–water partition coefficient (Wildman–Crippen LogP) is 1.84. The third kappa shape index (κ3) is 5.02. The second-order valence-electron chi connectivity index (χ2n) is 6.16. The summed E-state index contributed by atoms with van der Waals surface area (Å²) >= 11 is 0. The van der Waals surface area contributed by atoms with Gasteiger partial charge in [-0.1, -0.05) is 17.3 Å². The summed E-state index contributed by atoms with van der Waals surface area (Å²) in [6.45, 7) is 8.02. The van der Waals surface area contributed by atoms with Crippen molar-refractivity contribution in [1.82, 2.24) is 19.9 Å². The quantitative estimate of drug-likeness (QED) is 0.793. The SMILES string of the molecule is Cc1nc(CN2CCCN(CCOc3ccccc3C#N)CC2)no1. The van der Waals surface area contributed by atoms with Gasteiger partial charge in [-0.3, -0.25) is 9.80 Å². The van der Waals surface area contributed by atoms with Gasteiger partial charge in [0.15, 0.2) is 5.82 Å². The highest BCUT2D eigenvalue weighted by Gasteiger charge is 2.17. The molecule has 1 aromatic carbocycles. The maximum Gasteiger partial charge on any atom is 0.223 e. The highest BCUT2D eigenvalue weighted by Crippen LogP contribution is 2.16. The van der Waals surface area contributed by atoms with Crippen LogP contribution >= 0.6 is 0 Å². The molecule has 1 aromatic heterocycles. The summed E-state index contributed by atoms with van der Waals surface area (Å²) in [6, 6.07) is 9.52. The molecule has 2 heterocycles. The van der Waals surface area contributed by atoms with Crippen LogP contribution < -0.4 is 4.74 Å². The third-order valence-electron chi connectivity index (χ3n) is 4.29. The molecule has 0 atom stereocenters. The van der Waals surface area contributed by atoms with E-state index in [9.17, 15) is 0 Å². The summed E-state index contributed by atoms with van der Waals surface area (Å²) in [5, 5.41) is 13.1. The number of benzene rings is 1. The van der Waals surface area contributed by atoms with E-state index in [1.807, 2.05) is 25.1 Å². The molecule has 1 saturated heterocycles. The fraction of sp³-hybridized carbons (Fsp3) is 0.500. The second kappa shape index (κ2) is 8.60. The lowest BCUT2D eigenvalue weighted by Gasteiger charge is -2.21. The van der Waals surface area contributed by atoms with Crippen LogP contribution in [0.4, 0.5) is 0 Å². The number of rotatable bonds is 6. The Bertz CT molecular complexity index is 724. The standard InChI is InChI=1S/C18H23N5O2/c1-15-20-18(21-25-15)14-23-8-4-7-22(9-10-23)11-12-24-17-6-3-2-5-16(17)13-19/h2-3,5-6H,4,7-12,14H2,1H3. The molecule has 0 amide bonds. The first kappa shape index (κ1) is 17.4. The van der Waals surface area contributed by atoms with E-state index in [0.717, 1.165) is 51.5 Å². The largest absolute Gasteiger partial charge is 0.491 e. The molecular weight excluding hydrogens is 318 g/mol. The van der Waals surface area contributed by atoms with Crippen LogP contribution in [0.2, 0.25) is 0 Å². The Kier molecular flexibility index (Phi) is 5.99. The topological polar surface area (TPSA) is 78.4 Å². The number of nitriles is 1. The Hall–Kier alpha value is -2.43. The Morgan fingerprint density at radius 3 is 2.80 bits per heavy atom. The maximum atomic E-state index is 9.09. The minimum atomic E-state index is 0.583. The van der Waals surface area contributed by atoms with Gasteiger partial charge in [0.25, 0.3) is 0 Å². The van der Waals surface area contributed by atoms with Crippen molar-refractivity contribution < 1.29 is 9.26 Å². The van der Waals surface area contributed by atoms with Crippen molar-refractivity contribution in [3.8, 4) is 11.8 Å². The fourth-order valence-electron chi connectivity index (χ4n) is 2.98. The van der Waals surface area contributed by atoms with Crippen molar-refractivity contribution in [2.45, 2.75) is 19.9 Å². The highest BCUT2D eigenvalue weighted by molar-refractivity contribution is 5.42. The van der Waals surface area contributed by atoms with Gasteiger partial charge in [-0.15, -0.1) is 0 Å². The van der Waals surface area contributed by atoms with Crippen LogP contribution in [0.3, 0.4) is 0 Å². The van der Waals surface area contributed by atoms with E-state index in [0.29, 0.717) is 23.8 Å². The highest BCUT2D eigenvalue weighted by atomic mass is 16.5. The van der Waals surface area contributed by atoms with E-state index in [4.69, 9.17) is 14.5 Å². The third-order valence-corrected chi connectivity index (χ3v) is 4.29. The van der Waals surface area contributed by atoms with Crippen LogP contribution in [0, 0.1) is 18.3 Å². The summed E-state index contributed by atoms with van der Waals surface area (Å²) in [4.78, 5) is 9.03. The van der Waals surface area contributed by atoms with Gasteiger partial charge in [-0.2, -0.15) is 10.2 Å². The zero-order chi connectivity index (χ0) is 17.5. The average Bonchev–Trinajstić information content (AvgIpc) is 2.90. The summed E-state index contributed by atoms with van der Waals surface area (Å²) < 4.78 is 10.8. The smallest absolute Gasteiger partial charge is 0.223 e. The Morgan fingerprint density at radius 2 is 2.00 bits per heavy atom. The molecule has 0 aliphatic carbocycles.